The van der Waals surface area contributed by atoms with E-state index in [4.69, 9.17) is 11.6 Å². The topological polar surface area (TPSA) is 12.9 Å². The molecule has 0 amide bonds. The van der Waals surface area contributed by atoms with Crippen LogP contribution in [0.3, 0.4) is 0 Å². The van der Waals surface area contributed by atoms with Gasteiger partial charge in [-0.05, 0) is 0 Å². The SMILES string of the molecule is F[B-](F)(F)c1ccnc(Cl)c1C(F)(F)F. The Morgan fingerprint density at radius 2 is 1.73 bits per heavy atom. The van der Waals surface area contributed by atoms with Crippen LogP contribution in [0.15, 0.2) is 12.3 Å². The monoisotopic (exact) mass is 248 g/mol. The average molecular weight is 248 g/mol. The van der Waals surface area contributed by atoms with Crippen LogP contribution >= 0.6 is 11.6 Å². The van der Waals surface area contributed by atoms with Gasteiger partial charge in [0.25, 0.3) is 0 Å². The third-order valence-electron chi connectivity index (χ3n) is 1.57. The van der Waals surface area contributed by atoms with E-state index in [1.165, 1.54) is 0 Å². The van der Waals surface area contributed by atoms with Gasteiger partial charge in [0.2, 0.25) is 0 Å². The lowest BCUT2D eigenvalue weighted by atomic mass is 9.77. The van der Waals surface area contributed by atoms with Crippen molar-refractivity contribution in [2.45, 2.75) is 6.18 Å². The van der Waals surface area contributed by atoms with Crippen LogP contribution in [0.25, 0.3) is 0 Å². The van der Waals surface area contributed by atoms with Crippen LogP contribution in [0.4, 0.5) is 26.1 Å². The van der Waals surface area contributed by atoms with Crippen molar-refractivity contribution in [3.63, 3.8) is 0 Å². The van der Waals surface area contributed by atoms with Crippen molar-refractivity contribution in [2.24, 2.45) is 0 Å². The highest BCUT2D eigenvalue weighted by Gasteiger charge is 2.41. The zero-order valence-electron chi connectivity index (χ0n) is 6.83. The zero-order valence-corrected chi connectivity index (χ0v) is 7.58. The van der Waals surface area contributed by atoms with Crippen LogP contribution in [0.5, 0.6) is 0 Å². The van der Waals surface area contributed by atoms with Gasteiger partial charge in [-0.1, -0.05) is 23.1 Å². The third kappa shape index (κ3) is 2.56. The van der Waals surface area contributed by atoms with Crippen molar-refractivity contribution in [1.82, 2.24) is 4.98 Å². The second-order valence-electron chi connectivity index (χ2n) is 2.64. The first-order valence-corrected chi connectivity index (χ1v) is 3.93. The van der Waals surface area contributed by atoms with Gasteiger partial charge in [0.1, 0.15) is 5.15 Å². The van der Waals surface area contributed by atoms with Gasteiger partial charge in [-0.2, -0.15) is 13.2 Å². The van der Waals surface area contributed by atoms with E-state index in [1.807, 2.05) is 0 Å². The smallest absolute Gasteiger partial charge is 0.445 e. The van der Waals surface area contributed by atoms with Crippen LogP contribution in [-0.2, 0) is 6.18 Å². The maximum absolute atomic E-state index is 12.2. The number of halogens is 7. The van der Waals surface area contributed by atoms with Crippen LogP contribution in [0.2, 0.25) is 5.15 Å². The molecular weight excluding hydrogens is 246 g/mol. The molecule has 0 N–H and O–H groups in total. The Balaban J connectivity index is 3.48. The third-order valence-corrected chi connectivity index (χ3v) is 1.86. The maximum Gasteiger partial charge on any atom is 0.510 e. The number of nitrogens with zero attached hydrogens (tertiary/aromatic N) is 1. The summed E-state index contributed by atoms with van der Waals surface area (Å²) < 4.78 is 73.4. The summed E-state index contributed by atoms with van der Waals surface area (Å²) in [5.74, 6) is 0. The predicted octanol–water partition coefficient (Wildman–Crippen LogP) is 2.81. The summed E-state index contributed by atoms with van der Waals surface area (Å²) >= 11 is 5.00. The van der Waals surface area contributed by atoms with E-state index in [0.29, 0.717) is 6.20 Å². The molecule has 1 rings (SSSR count). The highest BCUT2D eigenvalue weighted by atomic mass is 35.5. The van der Waals surface area contributed by atoms with E-state index in [1.54, 1.807) is 0 Å². The summed E-state index contributed by atoms with van der Waals surface area (Å²) in [6.45, 7) is -5.77. The summed E-state index contributed by atoms with van der Waals surface area (Å²) in [6, 6.07) is 0.259. The van der Waals surface area contributed by atoms with Crippen LogP contribution in [-0.4, -0.2) is 12.0 Å². The molecule has 0 aliphatic rings. The minimum absolute atomic E-state index is 0.259. The van der Waals surface area contributed by atoms with Gasteiger partial charge in [0.15, 0.2) is 0 Å². The molecule has 0 fully saturated rings. The van der Waals surface area contributed by atoms with E-state index in [9.17, 15) is 26.1 Å². The number of hydrogen-bond donors (Lipinski definition) is 0. The summed E-state index contributed by atoms with van der Waals surface area (Å²) in [6.07, 6.45) is -4.58. The Bertz CT molecular complexity index is 373. The van der Waals surface area contributed by atoms with Gasteiger partial charge in [-0.25, -0.2) is 4.98 Å². The highest BCUT2D eigenvalue weighted by Crippen LogP contribution is 2.33. The molecule has 9 heteroatoms. The van der Waals surface area contributed by atoms with Gasteiger partial charge < -0.3 is 12.9 Å². The van der Waals surface area contributed by atoms with Gasteiger partial charge in [-0.3, -0.25) is 0 Å². The summed E-state index contributed by atoms with van der Waals surface area (Å²) in [4.78, 5) is 2.98. The summed E-state index contributed by atoms with van der Waals surface area (Å²) in [7, 11) is 0. The molecule has 0 aliphatic carbocycles. The molecule has 1 nitrogen and oxygen atoms in total. The molecule has 1 heterocycles. The van der Waals surface area contributed by atoms with Crippen molar-refractivity contribution in [3.8, 4) is 0 Å². The van der Waals surface area contributed by atoms with Gasteiger partial charge in [-0.15, -0.1) is 0 Å². The number of alkyl halides is 3. The van der Waals surface area contributed by atoms with E-state index in [-0.39, 0.29) is 6.07 Å². The minimum Gasteiger partial charge on any atom is -0.445 e. The molecule has 0 saturated carbocycles. The lowest BCUT2D eigenvalue weighted by molar-refractivity contribution is -0.137. The largest absolute Gasteiger partial charge is 0.510 e. The van der Waals surface area contributed by atoms with E-state index < -0.39 is 29.3 Å². The molecule has 1 aromatic heterocycles. The lowest BCUT2D eigenvalue weighted by Crippen LogP contribution is -2.40. The maximum atomic E-state index is 12.2. The van der Waals surface area contributed by atoms with Gasteiger partial charge in [0.05, 0.1) is 5.56 Å². The second-order valence-corrected chi connectivity index (χ2v) is 3.00. The van der Waals surface area contributed by atoms with Crippen molar-refractivity contribution in [3.05, 3.63) is 23.0 Å². The highest BCUT2D eigenvalue weighted by molar-refractivity contribution is 6.74. The summed E-state index contributed by atoms with van der Waals surface area (Å²) in [5.41, 5.74) is -3.71. The van der Waals surface area contributed by atoms with Crippen molar-refractivity contribution in [2.75, 3.05) is 0 Å². The van der Waals surface area contributed by atoms with Crippen LogP contribution in [0.1, 0.15) is 5.56 Å². The number of aromatic nitrogens is 1. The predicted molar refractivity (Wildman–Crippen MR) is 43.0 cm³/mol. The average Bonchev–Trinajstić information content (AvgIpc) is 1.99. The molecule has 0 bridgehead atoms. The Hall–Kier alpha value is -0.915. The number of pyridine rings is 1. The molecule has 15 heavy (non-hydrogen) atoms. The first kappa shape index (κ1) is 12.2. The van der Waals surface area contributed by atoms with E-state index >= 15 is 0 Å². The van der Waals surface area contributed by atoms with Gasteiger partial charge in [0, 0.05) is 6.20 Å². The molecule has 84 valence electrons. The van der Waals surface area contributed by atoms with E-state index in [2.05, 4.69) is 4.98 Å². The molecule has 1 aromatic rings. The van der Waals surface area contributed by atoms with Crippen molar-refractivity contribution >= 4 is 24.0 Å². The number of hydrogen-bond acceptors (Lipinski definition) is 1. The van der Waals surface area contributed by atoms with Crippen molar-refractivity contribution in [1.29, 1.82) is 0 Å². The molecule has 0 spiro atoms. The molecule has 0 atom stereocenters. The molecule has 0 saturated heterocycles. The Kier molecular flexibility index (Phi) is 2.91. The molecule has 0 unspecified atom stereocenters. The normalized spacial score (nSPS) is 13.0. The second kappa shape index (κ2) is 3.59. The molecule has 0 radical (unpaired) electrons. The van der Waals surface area contributed by atoms with Crippen molar-refractivity contribution < 1.29 is 26.1 Å². The summed E-state index contributed by atoms with van der Waals surface area (Å²) in [5, 5.41) is -1.20. The first-order valence-electron chi connectivity index (χ1n) is 3.55. The van der Waals surface area contributed by atoms with Crippen LogP contribution < -0.4 is 5.46 Å². The van der Waals surface area contributed by atoms with Gasteiger partial charge >= 0.3 is 13.2 Å². The Labute approximate surface area is 85.1 Å². The zero-order chi connectivity index (χ0) is 11.9. The Morgan fingerprint density at radius 3 is 2.07 bits per heavy atom. The van der Waals surface area contributed by atoms with E-state index in [0.717, 1.165) is 0 Å². The first-order chi connectivity index (χ1) is 6.64. The van der Waals surface area contributed by atoms with Crippen LogP contribution in [0, 0.1) is 0 Å². The standard InChI is InChI=1S/C6H2BClF6N/c8-5-4(6(9,10)11)3(1-2-15-5)7(12,13)14/h1-2H/q-1. The number of rotatable bonds is 1. The lowest BCUT2D eigenvalue weighted by Gasteiger charge is -2.21. The fraction of sp³-hybridized carbons (Fsp3) is 0.167. The fourth-order valence-corrected chi connectivity index (χ4v) is 1.28. The fourth-order valence-electron chi connectivity index (χ4n) is 1.00. The molecule has 0 aromatic carbocycles. The molecule has 0 aliphatic heterocycles. The Morgan fingerprint density at radius 1 is 1.20 bits per heavy atom. The molecular formula is C6H2BClF6N-. The minimum atomic E-state index is -5.77. The quantitative estimate of drug-likeness (QED) is 0.423.